The number of nitrogens with zero attached hydrogens (tertiary/aromatic N) is 2. The van der Waals surface area contributed by atoms with Crippen LogP contribution in [0.5, 0.6) is 0 Å². The number of hydrogen-bond donors (Lipinski definition) is 3. The minimum Gasteiger partial charge on any atom is -0.394 e. The minimum atomic E-state index is -4.52. The van der Waals surface area contributed by atoms with Crippen molar-refractivity contribution in [2.75, 3.05) is 18.5 Å². The van der Waals surface area contributed by atoms with Crippen molar-refractivity contribution in [2.24, 2.45) is 0 Å². The monoisotopic (exact) mass is 243 g/mol. The molecule has 0 spiro atoms. The zero-order valence-electron chi connectivity index (χ0n) is 7.32. The lowest BCUT2D eigenvalue weighted by Gasteiger charge is -2.10. The number of aromatic nitrogens is 2. The van der Waals surface area contributed by atoms with Gasteiger partial charge in [-0.2, -0.15) is 13.2 Å². The summed E-state index contributed by atoms with van der Waals surface area (Å²) in [7, 11) is 0. The van der Waals surface area contributed by atoms with Crippen LogP contribution in [0, 0.1) is 0 Å². The van der Waals surface area contributed by atoms with Gasteiger partial charge in [-0.25, -0.2) is 0 Å². The lowest BCUT2D eigenvalue weighted by Crippen LogP contribution is -2.27. The van der Waals surface area contributed by atoms with Crippen molar-refractivity contribution in [2.45, 2.75) is 12.2 Å². The molecular formula is C6H8F3N3O2S. The number of rotatable bonds is 4. The summed E-state index contributed by atoms with van der Waals surface area (Å²) in [5, 5.41) is 24.8. The Balaban J connectivity index is 2.68. The molecule has 0 amide bonds. The second-order valence-electron chi connectivity index (χ2n) is 2.62. The van der Waals surface area contributed by atoms with Gasteiger partial charge in [0.1, 0.15) is 0 Å². The highest BCUT2D eigenvalue weighted by molar-refractivity contribution is 7.15. The Morgan fingerprint density at radius 2 is 1.87 bits per heavy atom. The lowest BCUT2D eigenvalue weighted by molar-refractivity contribution is -0.138. The highest BCUT2D eigenvalue weighted by atomic mass is 32.1. The first-order valence-electron chi connectivity index (χ1n) is 3.86. The second-order valence-corrected chi connectivity index (χ2v) is 3.59. The summed E-state index contributed by atoms with van der Waals surface area (Å²) in [6.07, 6.45) is -4.52. The van der Waals surface area contributed by atoms with Gasteiger partial charge in [-0.3, -0.25) is 0 Å². The van der Waals surface area contributed by atoms with Gasteiger partial charge in [0, 0.05) is 0 Å². The zero-order chi connectivity index (χ0) is 11.5. The van der Waals surface area contributed by atoms with Crippen LogP contribution in [0.3, 0.4) is 0 Å². The molecule has 0 bridgehead atoms. The number of aliphatic hydroxyl groups excluding tert-OH is 2. The van der Waals surface area contributed by atoms with E-state index >= 15 is 0 Å². The molecule has 1 aromatic rings. The fourth-order valence-electron chi connectivity index (χ4n) is 0.720. The molecule has 1 rings (SSSR count). The highest BCUT2D eigenvalue weighted by Gasteiger charge is 2.35. The molecule has 1 heterocycles. The van der Waals surface area contributed by atoms with E-state index in [4.69, 9.17) is 10.2 Å². The Morgan fingerprint density at radius 1 is 1.27 bits per heavy atom. The van der Waals surface area contributed by atoms with Gasteiger partial charge < -0.3 is 15.5 Å². The number of alkyl halides is 3. The zero-order valence-corrected chi connectivity index (χ0v) is 8.14. The Kier molecular flexibility index (Phi) is 3.83. The molecule has 0 aliphatic carbocycles. The van der Waals surface area contributed by atoms with E-state index in [1.165, 1.54) is 0 Å². The van der Waals surface area contributed by atoms with Crippen LogP contribution in [-0.4, -0.2) is 39.7 Å². The van der Waals surface area contributed by atoms with Gasteiger partial charge in [0.05, 0.1) is 19.3 Å². The van der Waals surface area contributed by atoms with Crippen LogP contribution in [0.25, 0.3) is 0 Å². The van der Waals surface area contributed by atoms with Crippen molar-refractivity contribution in [3.05, 3.63) is 5.01 Å². The molecule has 0 radical (unpaired) electrons. The summed E-state index contributed by atoms with van der Waals surface area (Å²) in [5.74, 6) is 0. The number of anilines is 1. The topological polar surface area (TPSA) is 78.3 Å². The molecule has 3 N–H and O–H groups in total. The van der Waals surface area contributed by atoms with Crippen molar-refractivity contribution in [3.8, 4) is 0 Å². The Bertz CT molecular complexity index is 313. The van der Waals surface area contributed by atoms with Crippen molar-refractivity contribution in [1.82, 2.24) is 10.2 Å². The third kappa shape index (κ3) is 3.29. The molecule has 0 saturated heterocycles. The Morgan fingerprint density at radius 3 is 2.27 bits per heavy atom. The summed E-state index contributed by atoms with van der Waals surface area (Å²) in [4.78, 5) is 0. The van der Waals surface area contributed by atoms with Crippen LogP contribution in [0.2, 0.25) is 0 Å². The number of aliphatic hydroxyl groups is 2. The molecule has 9 heteroatoms. The Labute approximate surface area is 86.6 Å². The predicted octanol–water partition coefficient (Wildman–Crippen LogP) is 0.322. The van der Waals surface area contributed by atoms with Crippen LogP contribution >= 0.6 is 11.3 Å². The van der Waals surface area contributed by atoms with Crippen molar-refractivity contribution in [1.29, 1.82) is 0 Å². The van der Waals surface area contributed by atoms with Crippen LogP contribution in [0.15, 0.2) is 0 Å². The van der Waals surface area contributed by atoms with E-state index in [1.54, 1.807) is 0 Å². The fraction of sp³-hybridized carbons (Fsp3) is 0.667. The van der Waals surface area contributed by atoms with Gasteiger partial charge >= 0.3 is 6.18 Å². The summed E-state index contributed by atoms with van der Waals surface area (Å²) in [5.41, 5.74) is 0. The number of hydrogen-bond acceptors (Lipinski definition) is 6. The standard InChI is InChI=1S/C6H8F3N3O2S/c7-6(8,9)4-11-12-5(15-4)10-3(1-13)2-14/h3,13-14H,1-2H2,(H,10,12). The van der Waals surface area contributed by atoms with E-state index in [9.17, 15) is 13.2 Å². The molecule has 0 aromatic carbocycles. The summed E-state index contributed by atoms with van der Waals surface area (Å²) in [6.45, 7) is -0.811. The average Bonchev–Trinajstić information content (AvgIpc) is 2.61. The summed E-state index contributed by atoms with van der Waals surface area (Å²) in [6, 6.07) is -0.737. The van der Waals surface area contributed by atoms with Crippen molar-refractivity contribution < 1.29 is 23.4 Å². The third-order valence-electron chi connectivity index (χ3n) is 1.44. The van der Waals surface area contributed by atoms with E-state index in [-0.39, 0.29) is 5.13 Å². The summed E-state index contributed by atoms with van der Waals surface area (Å²) >= 11 is 0.318. The van der Waals surface area contributed by atoms with Crippen LogP contribution in [0.1, 0.15) is 5.01 Å². The molecule has 0 saturated carbocycles. The van der Waals surface area contributed by atoms with Gasteiger partial charge in [-0.15, -0.1) is 10.2 Å². The molecule has 15 heavy (non-hydrogen) atoms. The van der Waals surface area contributed by atoms with Gasteiger partial charge in [-0.1, -0.05) is 11.3 Å². The van der Waals surface area contributed by atoms with Crippen molar-refractivity contribution >= 4 is 16.5 Å². The first-order valence-corrected chi connectivity index (χ1v) is 4.68. The average molecular weight is 243 g/mol. The van der Waals surface area contributed by atoms with E-state index in [0.29, 0.717) is 11.3 Å². The largest absolute Gasteiger partial charge is 0.445 e. The van der Waals surface area contributed by atoms with Crippen LogP contribution in [-0.2, 0) is 6.18 Å². The third-order valence-corrected chi connectivity index (χ3v) is 2.34. The van der Waals surface area contributed by atoms with Crippen LogP contribution < -0.4 is 5.32 Å². The minimum absolute atomic E-state index is 0.0876. The smallest absolute Gasteiger partial charge is 0.394 e. The molecule has 86 valence electrons. The SMILES string of the molecule is OCC(CO)Nc1nnc(C(F)(F)F)s1. The first kappa shape index (κ1) is 12.1. The quantitative estimate of drug-likeness (QED) is 0.710. The van der Waals surface area contributed by atoms with E-state index in [2.05, 4.69) is 15.5 Å². The normalized spacial score (nSPS) is 12.1. The molecular weight excluding hydrogens is 235 g/mol. The molecule has 0 unspecified atom stereocenters. The Hall–Kier alpha value is -0.930. The van der Waals surface area contributed by atoms with Gasteiger partial charge in [-0.05, 0) is 0 Å². The maximum absolute atomic E-state index is 12.1. The van der Waals surface area contributed by atoms with E-state index in [0.717, 1.165) is 0 Å². The molecule has 1 aromatic heterocycles. The van der Waals surface area contributed by atoms with Gasteiger partial charge in [0.2, 0.25) is 10.1 Å². The van der Waals surface area contributed by atoms with E-state index < -0.39 is 30.4 Å². The molecule has 0 atom stereocenters. The highest BCUT2D eigenvalue weighted by Crippen LogP contribution is 2.33. The lowest BCUT2D eigenvalue weighted by atomic mass is 10.3. The maximum Gasteiger partial charge on any atom is 0.445 e. The van der Waals surface area contributed by atoms with E-state index in [1.807, 2.05) is 0 Å². The fourth-order valence-corrected chi connectivity index (χ4v) is 1.41. The number of halogens is 3. The second kappa shape index (κ2) is 4.73. The maximum atomic E-state index is 12.1. The number of nitrogens with one attached hydrogen (secondary N) is 1. The summed E-state index contributed by atoms with van der Waals surface area (Å²) < 4.78 is 36.3. The first-order chi connectivity index (χ1) is 6.97. The van der Waals surface area contributed by atoms with Gasteiger partial charge in [0.15, 0.2) is 0 Å². The molecule has 0 fully saturated rings. The van der Waals surface area contributed by atoms with Crippen LogP contribution in [0.4, 0.5) is 18.3 Å². The molecule has 0 aliphatic heterocycles. The molecule has 0 aliphatic rings. The predicted molar refractivity (Wildman–Crippen MR) is 46.5 cm³/mol. The molecule has 5 nitrogen and oxygen atoms in total. The van der Waals surface area contributed by atoms with Gasteiger partial charge in [0.25, 0.3) is 0 Å². The van der Waals surface area contributed by atoms with Crippen molar-refractivity contribution in [3.63, 3.8) is 0 Å².